The highest BCUT2D eigenvalue weighted by Gasteiger charge is 2.12. The molecule has 1 N–H and O–H groups in total. The van der Waals surface area contributed by atoms with Crippen LogP contribution in [-0.4, -0.2) is 22.8 Å². The first-order valence-corrected chi connectivity index (χ1v) is 7.33. The van der Waals surface area contributed by atoms with Crippen molar-refractivity contribution < 1.29 is 0 Å². The Bertz CT molecular complexity index is 551. The van der Waals surface area contributed by atoms with E-state index in [0.717, 1.165) is 36.6 Å². The first kappa shape index (κ1) is 11.5. The standard InChI is InChI=1S/C14H15N3S/c1-18-12-6-4-10(5-7-12)13-16-9-11-3-2-8-15-14(11)17-13/h4-7,9H,2-3,8H2,1H3,(H,15,16,17). The summed E-state index contributed by atoms with van der Waals surface area (Å²) in [7, 11) is 0. The minimum Gasteiger partial charge on any atom is -0.370 e. The van der Waals surface area contributed by atoms with Crippen LogP contribution in [0.25, 0.3) is 11.4 Å². The summed E-state index contributed by atoms with van der Waals surface area (Å²) in [6.45, 7) is 1.01. The Kier molecular flexibility index (Phi) is 3.19. The number of rotatable bonds is 2. The first-order valence-electron chi connectivity index (χ1n) is 6.11. The van der Waals surface area contributed by atoms with Crippen molar-refractivity contribution >= 4 is 17.6 Å². The maximum atomic E-state index is 4.61. The van der Waals surface area contributed by atoms with Gasteiger partial charge in [-0.1, -0.05) is 12.1 Å². The molecule has 0 fully saturated rings. The van der Waals surface area contributed by atoms with Crippen molar-refractivity contribution in [3.8, 4) is 11.4 Å². The third kappa shape index (κ3) is 2.20. The number of hydrogen-bond acceptors (Lipinski definition) is 4. The molecular formula is C14H15N3S. The summed E-state index contributed by atoms with van der Waals surface area (Å²) in [5.41, 5.74) is 2.30. The van der Waals surface area contributed by atoms with E-state index in [2.05, 4.69) is 45.8 Å². The van der Waals surface area contributed by atoms with Crippen molar-refractivity contribution in [3.63, 3.8) is 0 Å². The van der Waals surface area contributed by atoms with E-state index < -0.39 is 0 Å². The van der Waals surface area contributed by atoms with Gasteiger partial charge < -0.3 is 5.32 Å². The van der Waals surface area contributed by atoms with E-state index in [9.17, 15) is 0 Å². The van der Waals surface area contributed by atoms with E-state index in [-0.39, 0.29) is 0 Å². The van der Waals surface area contributed by atoms with E-state index in [4.69, 9.17) is 0 Å². The topological polar surface area (TPSA) is 37.8 Å². The van der Waals surface area contributed by atoms with Gasteiger partial charge in [-0.25, -0.2) is 9.97 Å². The molecule has 0 aliphatic carbocycles. The number of anilines is 1. The Hall–Kier alpha value is -1.55. The molecule has 1 aliphatic heterocycles. The first-order chi connectivity index (χ1) is 8.86. The predicted molar refractivity (Wildman–Crippen MR) is 76.1 cm³/mol. The Balaban J connectivity index is 1.95. The molecule has 3 nitrogen and oxygen atoms in total. The highest BCUT2D eigenvalue weighted by Crippen LogP contribution is 2.24. The zero-order valence-electron chi connectivity index (χ0n) is 10.3. The molecule has 0 amide bonds. The van der Waals surface area contributed by atoms with E-state index in [1.165, 1.54) is 10.5 Å². The summed E-state index contributed by atoms with van der Waals surface area (Å²) in [6, 6.07) is 8.37. The lowest BCUT2D eigenvalue weighted by Gasteiger charge is -2.16. The zero-order valence-corrected chi connectivity index (χ0v) is 11.1. The van der Waals surface area contributed by atoms with Gasteiger partial charge in [-0.2, -0.15) is 0 Å². The lowest BCUT2D eigenvalue weighted by molar-refractivity contribution is 0.810. The predicted octanol–water partition coefficient (Wildman–Crippen LogP) is 3.22. The summed E-state index contributed by atoms with van der Waals surface area (Å²) in [4.78, 5) is 10.3. The Labute approximate surface area is 111 Å². The van der Waals surface area contributed by atoms with Gasteiger partial charge >= 0.3 is 0 Å². The number of nitrogens with one attached hydrogen (secondary N) is 1. The van der Waals surface area contributed by atoms with Gasteiger partial charge in [0.1, 0.15) is 5.82 Å². The molecule has 0 spiro atoms. The van der Waals surface area contributed by atoms with Crippen LogP contribution in [-0.2, 0) is 6.42 Å². The molecule has 1 aliphatic rings. The van der Waals surface area contributed by atoms with Crippen LogP contribution in [0.2, 0.25) is 0 Å². The lowest BCUT2D eigenvalue weighted by Crippen LogP contribution is -2.14. The largest absolute Gasteiger partial charge is 0.370 e. The highest BCUT2D eigenvalue weighted by atomic mass is 32.2. The minimum absolute atomic E-state index is 0.802. The van der Waals surface area contributed by atoms with Gasteiger partial charge in [-0.15, -0.1) is 11.8 Å². The lowest BCUT2D eigenvalue weighted by atomic mass is 10.1. The van der Waals surface area contributed by atoms with Crippen LogP contribution in [0.5, 0.6) is 0 Å². The van der Waals surface area contributed by atoms with E-state index in [1.54, 1.807) is 11.8 Å². The van der Waals surface area contributed by atoms with Crippen molar-refractivity contribution in [2.75, 3.05) is 18.1 Å². The van der Waals surface area contributed by atoms with Gasteiger partial charge in [-0.05, 0) is 31.2 Å². The molecule has 2 aromatic rings. The molecule has 18 heavy (non-hydrogen) atoms. The fourth-order valence-electron chi connectivity index (χ4n) is 2.11. The normalized spacial score (nSPS) is 13.8. The molecule has 0 bridgehead atoms. The van der Waals surface area contributed by atoms with Crippen molar-refractivity contribution in [1.29, 1.82) is 0 Å². The monoisotopic (exact) mass is 257 g/mol. The number of thioether (sulfide) groups is 1. The third-order valence-corrected chi connectivity index (χ3v) is 3.87. The second-order valence-corrected chi connectivity index (χ2v) is 5.21. The minimum atomic E-state index is 0.802. The summed E-state index contributed by atoms with van der Waals surface area (Å²) in [6.07, 6.45) is 6.27. The van der Waals surface area contributed by atoms with Crippen LogP contribution in [0.1, 0.15) is 12.0 Å². The summed E-state index contributed by atoms with van der Waals surface area (Å²) < 4.78 is 0. The Morgan fingerprint density at radius 1 is 1.22 bits per heavy atom. The van der Waals surface area contributed by atoms with Gasteiger partial charge in [0.05, 0.1) is 0 Å². The summed E-state index contributed by atoms with van der Waals surface area (Å²) >= 11 is 1.74. The smallest absolute Gasteiger partial charge is 0.161 e. The quantitative estimate of drug-likeness (QED) is 0.838. The number of aryl methyl sites for hydroxylation is 1. The SMILES string of the molecule is CSc1ccc(-c2ncc3c(n2)NCCC3)cc1. The van der Waals surface area contributed by atoms with E-state index in [1.807, 2.05) is 6.20 Å². The Morgan fingerprint density at radius 3 is 2.83 bits per heavy atom. The molecule has 0 saturated carbocycles. The van der Waals surface area contributed by atoms with Crippen LogP contribution in [0.3, 0.4) is 0 Å². The van der Waals surface area contributed by atoms with Gasteiger partial charge in [0.2, 0.25) is 0 Å². The van der Waals surface area contributed by atoms with Crippen molar-refractivity contribution in [2.45, 2.75) is 17.7 Å². The molecule has 1 aromatic heterocycles. The van der Waals surface area contributed by atoms with E-state index in [0.29, 0.717) is 0 Å². The Morgan fingerprint density at radius 2 is 2.06 bits per heavy atom. The van der Waals surface area contributed by atoms with Crippen molar-refractivity contribution in [2.24, 2.45) is 0 Å². The third-order valence-electron chi connectivity index (χ3n) is 3.13. The number of nitrogens with zero attached hydrogens (tertiary/aromatic N) is 2. The van der Waals surface area contributed by atoms with Crippen molar-refractivity contribution in [3.05, 3.63) is 36.0 Å². The number of aromatic nitrogens is 2. The summed E-state index contributed by atoms with van der Waals surface area (Å²) in [5.74, 6) is 1.80. The zero-order chi connectivity index (χ0) is 12.4. The number of hydrogen-bond donors (Lipinski definition) is 1. The molecule has 2 heterocycles. The summed E-state index contributed by atoms with van der Waals surface area (Å²) in [5, 5.41) is 3.34. The molecule has 0 atom stereocenters. The molecule has 0 unspecified atom stereocenters. The molecule has 4 heteroatoms. The molecule has 1 aromatic carbocycles. The number of benzene rings is 1. The highest BCUT2D eigenvalue weighted by molar-refractivity contribution is 7.98. The second-order valence-electron chi connectivity index (χ2n) is 4.33. The van der Waals surface area contributed by atoms with E-state index >= 15 is 0 Å². The average Bonchev–Trinajstić information content (AvgIpc) is 2.47. The molecular weight excluding hydrogens is 242 g/mol. The number of fused-ring (bicyclic) bond motifs is 1. The van der Waals surface area contributed by atoms with Gasteiger partial charge in [0.15, 0.2) is 5.82 Å². The van der Waals surface area contributed by atoms with Crippen LogP contribution >= 0.6 is 11.8 Å². The molecule has 0 radical (unpaired) electrons. The average molecular weight is 257 g/mol. The van der Waals surface area contributed by atoms with Crippen LogP contribution < -0.4 is 5.32 Å². The fourth-order valence-corrected chi connectivity index (χ4v) is 2.52. The maximum Gasteiger partial charge on any atom is 0.161 e. The molecule has 92 valence electrons. The van der Waals surface area contributed by atoms with Gasteiger partial charge in [-0.3, -0.25) is 0 Å². The van der Waals surface area contributed by atoms with Crippen molar-refractivity contribution in [1.82, 2.24) is 9.97 Å². The molecule has 3 rings (SSSR count). The van der Waals surface area contributed by atoms with Crippen LogP contribution in [0, 0.1) is 0 Å². The molecule has 0 saturated heterocycles. The maximum absolute atomic E-state index is 4.61. The van der Waals surface area contributed by atoms with Crippen LogP contribution in [0.15, 0.2) is 35.4 Å². The van der Waals surface area contributed by atoms with Gasteiger partial charge in [0, 0.05) is 28.8 Å². The van der Waals surface area contributed by atoms with Crippen LogP contribution in [0.4, 0.5) is 5.82 Å². The fraction of sp³-hybridized carbons (Fsp3) is 0.286. The van der Waals surface area contributed by atoms with Gasteiger partial charge in [0.25, 0.3) is 0 Å². The second kappa shape index (κ2) is 4.98.